The number of benzene rings is 1. The highest BCUT2D eigenvalue weighted by atomic mass is 16.5. The molecule has 1 aromatic carbocycles. The van der Waals surface area contributed by atoms with Crippen LogP contribution in [0.4, 0.5) is 0 Å². The van der Waals surface area contributed by atoms with Crippen LogP contribution in [0.3, 0.4) is 0 Å². The number of hydrogen-bond donors (Lipinski definition) is 1. The summed E-state index contributed by atoms with van der Waals surface area (Å²) < 4.78 is 5.19. The van der Waals surface area contributed by atoms with E-state index in [1.165, 1.54) is 31.5 Å². The van der Waals surface area contributed by atoms with Crippen LogP contribution in [0.2, 0.25) is 0 Å². The van der Waals surface area contributed by atoms with Gasteiger partial charge < -0.3 is 19.9 Å². The first kappa shape index (κ1) is 18.2. The summed E-state index contributed by atoms with van der Waals surface area (Å²) >= 11 is 0. The standard InChI is InChI=1S/C20H31N3O2/c1-3-22-11-9-17(10-12-22)21-18-14-20(24)23(15-18)13-8-16-4-6-19(25-2)7-5-16/h4-7,17-18,21H,3,8-15H2,1-2H3/t18-/m1/s1. The van der Waals surface area contributed by atoms with E-state index in [1.807, 2.05) is 17.0 Å². The predicted molar refractivity (Wildman–Crippen MR) is 100.0 cm³/mol. The van der Waals surface area contributed by atoms with Crippen molar-refractivity contribution in [1.82, 2.24) is 15.1 Å². The van der Waals surface area contributed by atoms with Crippen molar-refractivity contribution in [3.05, 3.63) is 29.8 Å². The number of likely N-dealkylation sites (tertiary alicyclic amines) is 2. The summed E-state index contributed by atoms with van der Waals surface area (Å²) in [4.78, 5) is 16.8. The van der Waals surface area contributed by atoms with E-state index < -0.39 is 0 Å². The first-order valence-electron chi connectivity index (χ1n) is 9.57. The van der Waals surface area contributed by atoms with Gasteiger partial charge in [-0.3, -0.25) is 4.79 Å². The molecule has 1 N–H and O–H groups in total. The average Bonchev–Trinajstić information content (AvgIpc) is 3.00. The van der Waals surface area contributed by atoms with E-state index in [-0.39, 0.29) is 5.91 Å². The third-order valence-corrected chi connectivity index (χ3v) is 5.55. The summed E-state index contributed by atoms with van der Waals surface area (Å²) in [6, 6.07) is 9.01. The molecule has 2 aliphatic heterocycles. The maximum atomic E-state index is 12.3. The number of carbonyl (C=O) groups excluding carboxylic acids is 1. The van der Waals surface area contributed by atoms with Gasteiger partial charge in [-0.25, -0.2) is 0 Å². The lowest BCUT2D eigenvalue weighted by Gasteiger charge is -2.33. The fraction of sp³-hybridized carbons (Fsp3) is 0.650. The number of rotatable bonds is 7. The molecule has 0 unspecified atom stereocenters. The summed E-state index contributed by atoms with van der Waals surface area (Å²) in [5, 5.41) is 3.73. The Kier molecular flexibility index (Phi) is 6.32. The van der Waals surface area contributed by atoms with Gasteiger partial charge in [0.25, 0.3) is 0 Å². The third kappa shape index (κ3) is 4.95. The minimum atomic E-state index is 0.289. The molecular weight excluding hydrogens is 314 g/mol. The third-order valence-electron chi connectivity index (χ3n) is 5.55. The van der Waals surface area contributed by atoms with Crippen molar-refractivity contribution in [2.24, 2.45) is 0 Å². The molecule has 25 heavy (non-hydrogen) atoms. The van der Waals surface area contributed by atoms with Crippen LogP contribution in [-0.4, -0.2) is 67.6 Å². The Hall–Kier alpha value is -1.59. The summed E-state index contributed by atoms with van der Waals surface area (Å²) in [5.41, 5.74) is 1.25. The normalized spacial score (nSPS) is 22.6. The highest BCUT2D eigenvalue weighted by Crippen LogP contribution is 2.17. The van der Waals surface area contributed by atoms with Crippen LogP contribution < -0.4 is 10.1 Å². The topological polar surface area (TPSA) is 44.8 Å². The maximum absolute atomic E-state index is 12.3. The van der Waals surface area contributed by atoms with Gasteiger partial charge in [0.05, 0.1) is 7.11 Å². The number of nitrogens with zero attached hydrogens (tertiary/aromatic N) is 2. The first-order valence-corrected chi connectivity index (χ1v) is 9.57. The van der Waals surface area contributed by atoms with Gasteiger partial charge in [0, 0.05) is 31.6 Å². The minimum absolute atomic E-state index is 0.289. The van der Waals surface area contributed by atoms with Crippen molar-refractivity contribution in [3.63, 3.8) is 0 Å². The van der Waals surface area contributed by atoms with E-state index in [0.29, 0.717) is 18.5 Å². The van der Waals surface area contributed by atoms with Crippen molar-refractivity contribution in [2.75, 3.05) is 39.8 Å². The quantitative estimate of drug-likeness (QED) is 0.820. The highest BCUT2D eigenvalue weighted by molar-refractivity contribution is 5.79. The molecule has 0 bridgehead atoms. The number of ether oxygens (including phenoxy) is 1. The Morgan fingerprint density at radius 3 is 2.52 bits per heavy atom. The molecule has 0 spiro atoms. The number of nitrogens with one attached hydrogen (secondary N) is 1. The van der Waals surface area contributed by atoms with Crippen molar-refractivity contribution >= 4 is 5.91 Å². The number of carbonyl (C=O) groups is 1. The van der Waals surface area contributed by atoms with E-state index >= 15 is 0 Å². The van der Waals surface area contributed by atoms with Gasteiger partial charge >= 0.3 is 0 Å². The number of methoxy groups -OCH3 is 1. The zero-order chi connectivity index (χ0) is 17.6. The number of hydrogen-bond acceptors (Lipinski definition) is 4. The van der Waals surface area contributed by atoms with Gasteiger partial charge in [-0.2, -0.15) is 0 Å². The Morgan fingerprint density at radius 2 is 1.88 bits per heavy atom. The summed E-state index contributed by atoms with van der Waals surface area (Å²) in [5.74, 6) is 1.16. The van der Waals surface area contributed by atoms with Crippen LogP contribution in [0, 0.1) is 0 Å². The Labute approximate surface area is 151 Å². The van der Waals surface area contributed by atoms with E-state index in [4.69, 9.17) is 4.74 Å². The lowest BCUT2D eigenvalue weighted by atomic mass is 10.0. The molecule has 1 aromatic rings. The molecule has 1 amide bonds. The van der Waals surface area contributed by atoms with E-state index in [9.17, 15) is 4.79 Å². The SMILES string of the molecule is CCN1CCC(N[C@@H]2CC(=O)N(CCc3ccc(OC)cc3)C2)CC1. The van der Waals surface area contributed by atoms with Crippen LogP contribution in [0.1, 0.15) is 31.7 Å². The summed E-state index contributed by atoms with van der Waals surface area (Å²) in [7, 11) is 1.68. The molecule has 138 valence electrons. The Balaban J connectivity index is 1.42. The van der Waals surface area contributed by atoms with Crippen LogP contribution >= 0.6 is 0 Å². The van der Waals surface area contributed by atoms with Crippen LogP contribution in [0.15, 0.2) is 24.3 Å². The van der Waals surface area contributed by atoms with Gasteiger partial charge in [-0.15, -0.1) is 0 Å². The van der Waals surface area contributed by atoms with Crippen LogP contribution in [0.5, 0.6) is 5.75 Å². The Bertz CT molecular complexity index is 553. The molecule has 2 aliphatic rings. The van der Waals surface area contributed by atoms with Crippen LogP contribution in [-0.2, 0) is 11.2 Å². The second-order valence-corrected chi connectivity index (χ2v) is 7.21. The fourth-order valence-electron chi connectivity index (χ4n) is 3.91. The molecule has 2 fully saturated rings. The predicted octanol–water partition coefficient (Wildman–Crippen LogP) is 1.91. The summed E-state index contributed by atoms with van der Waals surface area (Å²) in [6.45, 7) is 7.38. The molecule has 0 aliphatic carbocycles. The molecule has 0 radical (unpaired) electrons. The molecule has 0 aromatic heterocycles. The fourth-order valence-corrected chi connectivity index (χ4v) is 3.91. The zero-order valence-corrected chi connectivity index (χ0v) is 15.5. The monoisotopic (exact) mass is 345 g/mol. The van der Waals surface area contributed by atoms with Gasteiger partial charge in [0.1, 0.15) is 5.75 Å². The maximum Gasteiger partial charge on any atom is 0.224 e. The largest absolute Gasteiger partial charge is 0.497 e. The van der Waals surface area contributed by atoms with Crippen molar-refractivity contribution < 1.29 is 9.53 Å². The zero-order valence-electron chi connectivity index (χ0n) is 15.5. The lowest BCUT2D eigenvalue weighted by molar-refractivity contribution is -0.127. The smallest absolute Gasteiger partial charge is 0.224 e. The van der Waals surface area contributed by atoms with Gasteiger partial charge in [0.15, 0.2) is 0 Å². The Morgan fingerprint density at radius 1 is 1.16 bits per heavy atom. The highest BCUT2D eigenvalue weighted by Gasteiger charge is 2.31. The van der Waals surface area contributed by atoms with Gasteiger partial charge in [-0.05, 0) is 56.6 Å². The molecule has 3 rings (SSSR count). The van der Waals surface area contributed by atoms with Crippen molar-refractivity contribution in [3.8, 4) is 5.75 Å². The molecule has 2 heterocycles. The second kappa shape index (κ2) is 8.68. The molecule has 1 atom stereocenters. The molecule has 2 saturated heterocycles. The van der Waals surface area contributed by atoms with E-state index in [0.717, 1.165) is 31.8 Å². The van der Waals surface area contributed by atoms with Crippen molar-refractivity contribution in [2.45, 2.75) is 44.7 Å². The molecule has 5 nitrogen and oxygen atoms in total. The molecule has 0 saturated carbocycles. The molecule has 5 heteroatoms. The minimum Gasteiger partial charge on any atom is -0.497 e. The van der Waals surface area contributed by atoms with E-state index in [1.54, 1.807) is 7.11 Å². The van der Waals surface area contributed by atoms with Gasteiger partial charge in [0.2, 0.25) is 5.91 Å². The summed E-state index contributed by atoms with van der Waals surface area (Å²) in [6.07, 6.45) is 3.95. The second-order valence-electron chi connectivity index (χ2n) is 7.21. The number of amides is 1. The van der Waals surface area contributed by atoms with Crippen LogP contribution in [0.25, 0.3) is 0 Å². The first-order chi connectivity index (χ1) is 12.2. The molecular formula is C20H31N3O2. The average molecular weight is 345 g/mol. The van der Waals surface area contributed by atoms with Crippen molar-refractivity contribution in [1.29, 1.82) is 0 Å². The lowest BCUT2D eigenvalue weighted by Crippen LogP contribution is -2.46. The van der Waals surface area contributed by atoms with Gasteiger partial charge in [-0.1, -0.05) is 19.1 Å². The number of piperidine rings is 1. The van der Waals surface area contributed by atoms with E-state index in [2.05, 4.69) is 29.3 Å².